The van der Waals surface area contributed by atoms with Crippen LogP contribution in [0, 0.1) is 5.82 Å². The lowest BCUT2D eigenvalue weighted by molar-refractivity contribution is 0.358. The van der Waals surface area contributed by atoms with Crippen LogP contribution in [0.3, 0.4) is 0 Å². The molecule has 1 aromatic carbocycles. The highest BCUT2D eigenvalue weighted by Crippen LogP contribution is 2.22. The van der Waals surface area contributed by atoms with Crippen LogP contribution >= 0.6 is 11.8 Å². The summed E-state index contributed by atoms with van der Waals surface area (Å²) in [6.45, 7) is 1.78. The number of aromatic nitrogens is 2. The molecule has 2 rings (SSSR count). The van der Waals surface area contributed by atoms with Gasteiger partial charge in [0.25, 0.3) is 0 Å². The summed E-state index contributed by atoms with van der Waals surface area (Å²) >= 11 is 1.51. The van der Waals surface area contributed by atoms with Crippen molar-refractivity contribution in [2.45, 2.75) is 23.6 Å². The molecule has 2 aromatic rings. The van der Waals surface area contributed by atoms with Gasteiger partial charge in [-0.25, -0.2) is 4.39 Å². The van der Waals surface area contributed by atoms with Crippen molar-refractivity contribution in [3.05, 3.63) is 41.8 Å². The number of halogens is 1. The molecule has 0 saturated carbocycles. The Kier molecular flexibility index (Phi) is 3.75. The van der Waals surface area contributed by atoms with E-state index in [-0.39, 0.29) is 11.9 Å². The molecule has 0 aliphatic heterocycles. The van der Waals surface area contributed by atoms with E-state index in [2.05, 4.69) is 10.1 Å². The van der Waals surface area contributed by atoms with E-state index in [0.717, 1.165) is 4.90 Å². The maximum absolute atomic E-state index is 12.7. The van der Waals surface area contributed by atoms with Crippen molar-refractivity contribution in [3.8, 4) is 0 Å². The zero-order valence-electron chi connectivity index (χ0n) is 9.26. The van der Waals surface area contributed by atoms with Crippen LogP contribution in [0.4, 0.5) is 4.39 Å². The zero-order chi connectivity index (χ0) is 12.3. The number of nitrogens with zero attached hydrogens (tertiary/aromatic N) is 2. The van der Waals surface area contributed by atoms with E-state index < -0.39 is 0 Å². The van der Waals surface area contributed by atoms with Gasteiger partial charge in [-0.3, -0.25) is 0 Å². The number of nitrogens with two attached hydrogens (primary N) is 1. The SMILES string of the molecule is C[C@@H](N)c1nc(CSc2ccc(F)cc2)no1. The Balaban J connectivity index is 1.95. The average Bonchev–Trinajstić information content (AvgIpc) is 2.77. The van der Waals surface area contributed by atoms with Crippen molar-refractivity contribution in [2.24, 2.45) is 5.73 Å². The predicted octanol–water partition coefficient (Wildman–Crippen LogP) is 2.52. The molecule has 0 spiro atoms. The van der Waals surface area contributed by atoms with E-state index in [9.17, 15) is 4.39 Å². The minimum Gasteiger partial charge on any atom is -0.338 e. The van der Waals surface area contributed by atoms with Crippen LogP contribution in [-0.2, 0) is 5.75 Å². The molecule has 0 radical (unpaired) electrons. The fourth-order valence-corrected chi connectivity index (χ4v) is 1.93. The van der Waals surface area contributed by atoms with Crippen LogP contribution in [0.5, 0.6) is 0 Å². The van der Waals surface area contributed by atoms with Crippen LogP contribution in [0.15, 0.2) is 33.7 Å². The van der Waals surface area contributed by atoms with Gasteiger partial charge < -0.3 is 10.3 Å². The van der Waals surface area contributed by atoms with E-state index >= 15 is 0 Å². The van der Waals surface area contributed by atoms with Crippen molar-refractivity contribution >= 4 is 11.8 Å². The normalized spacial score (nSPS) is 12.6. The highest BCUT2D eigenvalue weighted by Gasteiger charge is 2.10. The molecule has 90 valence electrons. The fraction of sp³-hybridized carbons (Fsp3) is 0.273. The number of hydrogen-bond acceptors (Lipinski definition) is 5. The Morgan fingerprint density at radius 3 is 2.71 bits per heavy atom. The summed E-state index contributed by atoms with van der Waals surface area (Å²) in [5.41, 5.74) is 5.61. The molecule has 0 aliphatic rings. The average molecular weight is 253 g/mol. The quantitative estimate of drug-likeness (QED) is 0.848. The van der Waals surface area contributed by atoms with E-state index in [1.165, 1.54) is 23.9 Å². The van der Waals surface area contributed by atoms with Gasteiger partial charge in [-0.15, -0.1) is 11.8 Å². The van der Waals surface area contributed by atoms with Crippen molar-refractivity contribution in [1.29, 1.82) is 0 Å². The molecule has 2 N–H and O–H groups in total. The largest absolute Gasteiger partial charge is 0.338 e. The Bertz CT molecular complexity index is 484. The lowest BCUT2D eigenvalue weighted by Crippen LogP contribution is -2.05. The minimum absolute atomic E-state index is 0.242. The molecule has 0 saturated heterocycles. The third-order valence-corrected chi connectivity index (χ3v) is 3.06. The van der Waals surface area contributed by atoms with E-state index in [4.69, 9.17) is 10.3 Å². The smallest absolute Gasteiger partial charge is 0.243 e. The molecule has 0 amide bonds. The fourth-order valence-electron chi connectivity index (χ4n) is 1.19. The lowest BCUT2D eigenvalue weighted by Gasteiger charge is -1.97. The Morgan fingerprint density at radius 1 is 1.41 bits per heavy atom. The summed E-state index contributed by atoms with van der Waals surface area (Å²) in [7, 11) is 0. The van der Waals surface area contributed by atoms with Crippen molar-refractivity contribution in [3.63, 3.8) is 0 Å². The maximum Gasteiger partial charge on any atom is 0.243 e. The molecule has 17 heavy (non-hydrogen) atoms. The topological polar surface area (TPSA) is 64.9 Å². The van der Waals surface area contributed by atoms with Crippen molar-refractivity contribution < 1.29 is 8.91 Å². The zero-order valence-corrected chi connectivity index (χ0v) is 10.1. The molecule has 1 heterocycles. The monoisotopic (exact) mass is 253 g/mol. The van der Waals surface area contributed by atoms with Gasteiger partial charge in [0.2, 0.25) is 5.89 Å². The highest BCUT2D eigenvalue weighted by atomic mass is 32.2. The number of thioether (sulfide) groups is 1. The standard InChI is InChI=1S/C11H12FN3OS/c1-7(13)11-14-10(15-16-11)6-17-9-4-2-8(12)3-5-9/h2-5,7H,6,13H2,1H3/t7-/m1/s1. The summed E-state index contributed by atoms with van der Waals surface area (Å²) in [5, 5.41) is 3.81. The number of hydrogen-bond donors (Lipinski definition) is 1. The van der Waals surface area contributed by atoms with Crippen LogP contribution in [0.25, 0.3) is 0 Å². The Morgan fingerprint density at radius 2 is 2.12 bits per heavy atom. The van der Waals surface area contributed by atoms with Gasteiger partial charge >= 0.3 is 0 Å². The summed E-state index contributed by atoms with van der Waals surface area (Å²) in [4.78, 5) is 5.10. The van der Waals surface area contributed by atoms with E-state index in [1.54, 1.807) is 19.1 Å². The molecule has 1 aromatic heterocycles. The first-order chi connectivity index (χ1) is 8.15. The maximum atomic E-state index is 12.7. The highest BCUT2D eigenvalue weighted by molar-refractivity contribution is 7.98. The minimum atomic E-state index is -0.257. The molecule has 0 unspecified atom stereocenters. The molecule has 1 atom stereocenters. The molecule has 0 aliphatic carbocycles. The van der Waals surface area contributed by atoms with Gasteiger partial charge in [0.05, 0.1) is 11.8 Å². The van der Waals surface area contributed by atoms with Crippen LogP contribution in [0.1, 0.15) is 24.7 Å². The van der Waals surface area contributed by atoms with Gasteiger partial charge in [-0.05, 0) is 31.2 Å². The van der Waals surface area contributed by atoms with Gasteiger partial charge in [0.1, 0.15) is 5.82 Å². The molecule has 4 nitrogen and oxygen atoms in total. The van der Waals surface area contributed by atoms with Crippen LogP contribution in [-0.4, -0.2) is 10.1 Å². The first-order valence-electron chi connectivity index (χ1n) is 5.11. The summed E-state index contributed by atoms with van der Waals surface area (Å²) in [6.07, 6.45) is 0. The first-order valence-corrected chi connectivity index (χ1v) is 6.10. The molecule has 0 bridgehead atoms. The third-order valence-electron chi connectivity index (χ3n) is 2.05. The Hall–Kier alpha value is -1.40. The summed E-state index contributed by atoms with van der Waals surface area (Å²) < 4.78 is 17.7. The van der Waals surface area contributed by atoms with E-state index in [0.29, 0.717) is 17.5 Å². The second kappa shape index (κ2) is 5.29. The van der Waals surface area contributed by atoms with Crippen molar-refractivity contribution in [1.82, 2.24) is 10.1 Å². The number of rotatable bonds is 4. The molecular formula is C11H12FN3OS. The van der Waals surface area contributed by atoms with Crippen LogP contribution in [0.2, 0.25) is 0 Å². The van der Waals surface area contributed by atoms with E-state index in [1.807, 2.05) is 0 Å². The summed E-state index contributed by atoms with van der Waals surface area (Å²) in [5.74, 6) is 1.35. The Labute approximate surface area is 102 Å². The third kappa shape index (κ3) is 3.28. The first kappa shape index (κ1) is 12.1. The van der Waals surface area contributed by atoms with Gasteiger partial charge in [-0.2, -0.15) is 4.98 Å². The molecule has 6 heteroatoms. The van der Waals surface area contributed by atoms with Gasteiger partial charge in [-0.1, -0.05) is 5.16 Å². The summed E-state index contributed by atoms with van der Waals surface area (Å²) in [6, 6.07) is 6.02. The second-order valence-corrected chi connectivity index (χ2v) is 4.63. The number of benzene rings is 1. The van der Waals surface area contributed by atoms with Crippen molar-refractivity contribution in [2.75, 3.05) is 0 Å². The molecule has 0 fully saturated rings. The van der Waals surface area contributed by atoms with Crippen LogP contribution < -0.4 is 5.73 Å². The lowest BCUT2D eigenvalue weighted by atomic mass is 10.4. The second-order valence-electron chi connectivity index (χ2n) is 3.58. The molecular weight excluding hydrogens is 241 g/mol. The predicted molar refractivity (Wildman–Crippen MR) is 62.9 cm³/mol. The van der Waals surface area contributed by atoms with Gasteiger partial charge in [0.15, 0.2) is 5.82 Å². The van der Waals surface area contributed by atoms with Gasteiger partial charge in [0, 0.05) is 4.90 Å².